The number of amides is 3. The van der Waals surface area contributed by atoms with Crippen molar-refractivity contribution < 1.29 is 27.5 Å². The van der Waals surface area contributed by atoms with E-state index in [0.29, 0.717) is 0 Å². The number of pyridine rings is 1. The quantitative estimate of drug-likeness (QED) is 0.638. The van der Waals surface area contributed by atoms with Crippen LogP contribution >= 0.6 is 0 Å². The molecule has 11 heteroatoms. The van der Waals surface area contributed by atoms with Crippen molar-refractivity contribution in [1.29, 1.82) is 0 Å². The van der Waals surface area contributed by atoms with Gasteiger partial charge < -0.3 is 10.1 Å². The number of imide groups is 1. The van der Waals surface area contributed by atoms with Gasteiger partial charge in [0.2, 0.25) is 10.0 Å². The third-order valence-corrected chi connectivity index (χ3v) is 6.26. The number of sulfonamides is 1. The highest BCUT2D eigenvalue weighted by Crippen LogP contribution is 2.24. The Balaban J connectivity index is 1.85. The molecule has 3 amide bonds. The van der Waals surface area contributed by atoms with E-state index in [2.05, 4.69) is 15.6 Å². The maximum Gasteiger partial charge on any atom is 0.321 e. The van der Waals surface area contributed by atoms with Gasteiger partial charge in [-0.3, -0.25) is 19.9 Å². The fourth-order valence-electron chi connectivity index (χ4n) is 2.82. The molecule has 29 heavy (non-hydrogen) atoms. The molecule has 1 fully saturated rings. The zero-order chi connectivity index (χ0) is 21.6. The number of esters is 1. The van der Waals surface area contributed by atoms with Crippen LogP contribution in [0.25, 0.3) is 0 Å². The molecule has 0 radical (unpaired) electrons. The summed E-state index contributed by atoms with van der Waals surface area (Å²) in [6, 6.07) is 2.21. The molecule has 10 nitrogen and oxygen atoms in total. The first kappa shape index (κ1) is 22.8. The highest BCUT2D eigenvalue weighted by atomic mass is 32.2. The van der Waals surface area contributed by atoms with E-state index in [-0.39, 0.29) is 36.9 Å². The summed E-state index contributed by atoms with van der Waals surface area (Å²) in [6.07, 6.45) is 2.19. The van der Waals surface area contributed by atoms with Gasteiger partial charge in [-0.1, -0.05) is 0 Å². The van der Waals surface area contributed by atoms with Crippen LogP contribution in [-0.2, 0) is 24.3 Å². The van der Waals surface area contributed by atoms with Crippen molar-refractivity contribution in [2.24, 2.45) is 5.92 Å². The second-order valence-corrected chi connectivity index (χ2v) is 9.00. The first-order valence-corrected chi connectivity index (χ1v) is 10.8. The Labute approximate surface area is 170 Å². The van der Waals surface area contributed by atoms with Gasteiger partial charge in [0.1, 0.15) is 4.90 Å². The van der Waals surface area contributed by atoms with Crippen molar-refractivity contribution in [2.75, 3.05) is 13.1 Å². The average molecular weight is 426 g/mol. The normalized spacial score (nSPS) is 16.8. The molecule has 1 atom stereocenters. The lowest BCUT2D eigenvalue weighted by molar-refractivity contribution is -0.159. The van der Waals surface area contributed by atoms with E-state index in [0.717, 1.165) is 0 Å². The monoisotopic (exact) mass is 426 g/mol. The van der Waals surface area contributed by atoms with Crippen molar-refractivity contribution in [3.8, 4) is 0 Å². The first-order valence-electron chi connectivity index (χ1n) is 9.33. The summed E-state index contributed by atoms with van der Waals surface area (Å²) in [5.41, 5.74) is 0. The van der Waals surface area contributed by atoms with Gasteiger partial charge in [-0.15, -0.1) is 0 Å². The number of rotatable bonds is 6. The smallest absolute Gasteiger partial charge is 0.321 e. The molecule has 0 aromatic carbocycles. The van der Waals surface area contributed by atoms with E-state index in [1.807, 2.05) is 0 Å². The van der Waals surface area contributed by atoms with E-state index < -0.39 is 40.0 Å². The molecule has 0 bridgehead atoms. The molecule has 2 rings (SSSR count). The number of carbonyl (C=O) groups excluding carboxylic acids is 3. The zero-order valence-corrected chi connectivity index (χ0v) is 17.4. The number of urea groups is 1. The van der Waals surface area contributed by atoms with Gasteiger partial charge in [0.05, 0.1) is 5.92 Å². The molecule has 160 valence electrons. The highest BCUT2D eigenvalue weighted by Gasteiger charge is 2.34. The summed E-state index contributed by atoms with van der Waals surface area (Å²) in [6.45, 7) is 5.18. The number of nitrogens with one attached hydrogen (secondary N) is 2. The first-order chi connectivity index (χ1) is 13.6. The lowest BCUT2D eigenvalue weighted by Gasteiger charge is -2.30. The summed E-state index contributed by atoms with van der Waals surface area (Å²) >= 11 is 0. The second kappa shape index (κ2) is 9.79. The van der Waals surface area contributed by atoms with E-state index in [1.54, 1.807) is 19.9 Å². The molecule has 1 unspecified atom stereocenters. The van der Waals surface area contributed by atoms with Crippen LogP contribution in [0.15, 0.2) is 29.4 Å². The largest absolute Gasteiger partial charge is 0.452 e. The second-order valence-electron chi connectivity index (χ2n) is 7.06. The number of carbonyl (C=O) groups is 3. The fraction of sp³-hybridized carbons (Fsp3) is 0.556. The third kappa shape index (κ3) is 6.23. The van der Waals surface area contributed by atoms with Crippen LogP contribution in [0.3, 0.4) is 0 Å². The molecule has 1 aliphatic rings. The van der Waals surface area contributed by atoms with Gasteiger partial charge in [0, 0.05) is 31.5 Å². The van der Waals surface area contributed by atoms with E-state index in [4.69, 9.17) is 4.74 Å². The summed E-state index contributed by atoms with van der Waals surface area (Å²) in [5, 5.41) is 4.60. The Morgan fingerprint density at radius 3 is 2.41 bits per heavy atom. The molecule has 0 saturated carbocycles. The van der Waals surface area contributed by atoms with Crippen molar-refractivity contribution >= 4 is 27.9 Å². The maximum absolute atomic E-state index is 12.6. The van der Waals surface area contributed by atoms with E-state index in [9.17, 15) is 22.8 Å². The van der Waals surface area contributed by atoms with Crippen LogP contribution in [0.1, 0.15) is 33.6 Å². The fourth-order valence-corrected chi connectivity index (χ4v) is 4.25. The molecular formula is C18H26N4O6S. The molecule has 0 aliphatic carbocycles. The Kier molecular flexibility index (Phi) is 7.68. The van der Waals surface area contributed by atoms with Gasteiger partial charge in [-0.25, -0.2) is 13.2 Å². The van der Waals surface area contributed by atoms with Crippen LogP contribution in [-0.4, -0.2) is 60.8 Å². The van der Waals surface area contributed by atoms with E-state index in [1.165, 1.54) is 29.7 Å². The third-order valence-electron chi connectivity index (χ3n) is 4.38. The lowest BCUT2D eigenvalue weighted by Crippen LogP contribution is -2.47. The standard InChI is InChI=1S/C18H26N4O6S/c1-12(2)20-18(25)21-16(23)13(3)28-17(24)14-6-9-22(10-7-14)29(26,27)15-5-4-8-19-11-15/h4-5,8,11-14H,6-7,9-10H2,1-3H3,(H2,20,21,23,25). The molecule has 1 saturated heterocycles. The lowest BCUT2D eigenvalue weighted by atomic mass is 9.98. The minimum Gasteiger partial charge on any atom is -0.452 e. The molecule has 2 N–H and O–H groups in total. The Hall–Kier alpha value is -2.53. The Morgan fingerprint density at radius 1 is 1.21 bits per heavy atom. The predicted octanol–water partition coefficient (Wildman–Crippen LogP) is 0.648. The highest BCUT2D eigenvalue weighted by molar-refractivity contribution is 7.89. The Bertz CT molecular complexity index is 835. The SMILES string of the molecule is CC(C)NC(=O)NC(=O)C(C)OC(=O)C1CCN(S(=O)(=O)c2cccnc2)CC1. The van der Waals surface area contributed by atoms with Gasteiger partial charge in [-0.05, 0) is 45.7 Å². The molecule has 0 spiro atoms. The average Bonchev–Trinajstić information content (AvgIpc) is 2.68. The van der Waals surface area contributed by atoms with Gasteiger partial charge in [0.25, 0.3) is 5.91 Å². The van der Waals surface area contributed by atoms with Crippen LogP contribution in [0.2, 0.25) is 0 Å². The number of ether oxygens (including phenoxy) is 1. The van der Waals surface area contributed by atoms with Crippen LogP contribution in [0.4, 0.5) is 4.79 Å². The molecule has 2 heterocycles. The number of piperidine rings is 1. The number of aromatic nitrogens is 1. The van der Waals surface area contributed by atoms with Crippen LogP contribution < -0.4 is 10.6 Å². The summed E-state index contributed by atoms with van der Waals surface area (Å²) in [5.74, 6) is -1.83. The summed E-state index contributed by atoms with van der Waals surface area (Å²) in [7, 11) is -3.66. The molecular weight excluding hydrogens is 400 g/mol. The number of nitrogens with zero attached hydrogens (tertiary/aromatic N) is 2. The van der Waals surface area contributed by atoms with Crippen molar-refractivity contribution in [3.05, 3.63) is 24.5 Å². The van der Waals surface area contributed by atoms with Gasteiger partial charge in [0.15, 0.2) is 6.10 Å². The molecule has 1 aliphatic heterocycles. The van der Waals surface area contributed by atoms with Gasteiger partial charge >= 0.3 is 12.0 Å². The predicted molar refractivity (Wildman–Crippen MR) is 103 cm³/mol. The number of hydrogen-bond acceptors (Lipinski definition) is 7. The van der Waals surface area contributed by atoms with Crippen molar-refractivity contribution in [3.63, 3.8) is 0 Å². The topological polar surface area (TPSA) is 135 Å². The zero-order valence-electron chi connectivity index (χ0n) is 16.6. The maximum atomic E-state index is 12.6. The minimum atomic E-state index is -3.66. The summed E-state index contributed by atoms with van der Waals surface area (Å²) in [4.78, 5) is 39.8. The van der Waals surface area contributed by atoms with Crippen LogP contribution in [0.5, 0.6) is 0 Å². The minimum absolute atomic E-state index is 0.103. The summed E-state index contributed by atoms with van der Waals surface area (Å²) < 4.78 is 31.6. The van der Waals surface area contributed by atoms with E-state index >= 15 is 0 Å². The van der Waals surface area contributed by atoms with Crippen molar-refractivity contribution in [1.82, 2.24) is 19.9 Å². The molecule has 1 aromatic heterocycles. The van der Waals surface area contributed by atoms with Crippen molar-refractivity contribution in [2.45, 2.75) is 50.7 Å². The van der Waals surface area contributed by atoms with Crippen LogP contribution in [0, 0.1) is 5.92 Å². The van der Waals surface area contributed by atoms with Gasteiger partial charge in [-0.2, -0.15) is 4.31 Å². The number of hydrogen-bond donors (Lipinski definition) is 2. The molecule has 1 aromatic rings. The Morgan fingerprint density at radius 2 is 1.86 bits per heavy atom.